The van der Waals surface area contributed by atoms with Crippen molar-refractivity contribution >= 4 is 0 Å². The summed E-state index contributed by atoms with van der Waals surface area (Å²) in [7, 11) is 2.02. The van der Waals surface area contributed by atoms with Crippen molar-refractivity contribution in [3.8, 4) is 0 Å². The summed E-state index contributed by atoms with van der Waals surface area (Å²) < 4.78 is 11.1. The van der Waals surface area contributed by atoms with Gasteiger partial charge in [-0.1, -0.05) is 20.8 Å². The zero-order valence-electron chi connectivity index (χ0n) is 11.4. The third kappa shape index (κ3) is 3.23. The van der Waals surface area contributed by atoms with Crippen LogP contribution >= 0.6 is 0 Å². The molecule has 2 aromatic heterocycles. The molecule has 0 aliphatic rings. The van der Waals surface area contributed by atoms with Gasteiger partial charge in [-0.05, 0) is 19.2 Å². The first-order chi connectivity index (χ1) is 8.45. The molecule has 0 bridgehead atoms. The number of oxazole rings is 1. The van der Waals surface area contributed by atoms with Gasteiger partial charge in [0.2, 0.25) is 5.89 Å². The molecule has 0 N–H and O–H groups in total. The summed E-state index contributed by atoms with van der Waals surface area (Å²) in [6.07, 6.45) is 3.50. The molecule has 0 unspecified atom stereocenters. The summed E-state index contributed by atoms with van der Waals surface area (Å²) in [6.45, 7) is 7.77. The van der Waals surface area contributed by atoms with Crippen molar-refractivity contribution in [1.82, 2.24) is 9.88 Å². The second kappa shape index (κ2) is 4.98. The van der Waals surface area contributed by atoms with Gasteiger partial charge in [0.05, 0.1) is 25.5 Å². The summed E-state index contributed by atoms with van der Waals surface area (Å²) in [5, 5.41) is 0. The van der Waals surface area contributed by atoms with Crippen molar-refractivity contribution in [2.75, 3.05) is 7.05 Å². The summed E-state index contributed by atoms with van der Waals surface area (Å²) in [6, 6.07) is 3.86. The lowest BCUT2D eigenvalue weighted by Gasteiger charge is -2.14. The van der Waals surface area contributed by atoms with Gasteiger partial charge in [-0.2, -0.15) is 0 Å². The number of aromatic nitrogens is 1. The Bertz CT molecular complexity index is 480. The van der Waals surface area contributed by atoms with Gasteiger partial charge < -0.3 is 8.83 Å². The number of rotatable bonds is 4. The van der Waals surface area contributed by atoms with Gasteiger partial charge in [0.15, 0.2) is 0 Å². The zero-order chi connectivity index (χ0) is 13.2. The first kappa shape index (κ1) is 12.9. The second-order valence-electron chi connectivity index (χ2n) is 5.62. The first-order valence-corrected chi connectivity index (χ1v) is 6.11. The lowest BCUT2D eigenvalue weighted by Crippen LogP contribution is -2.17. The Labute approximate surface area is 108 Å². The minimum atomic E-state index is 0.00479. The number of furan rings is 1. The topological polar surface area (TPSA) is 42.4 Å². The van der Waals surface area contributed by atoms with Crippen LogP contribution in [0.4, 0.5) is 0 Å². The molecule has 0 atom stereocenters. The van der Waals surface area contributed by atoms with Crippen LogP contribution in [0.15, 0.2) is 33.4 Å². The fraction of sp³-hybridized carbons (Fsp3) is 0.500. The van der Waals surface area contributed by atoms with Crippen molar-refractivity contribution in [1.29, 1.82) is 0 Å². The smallest absolute Gasteiger partial charge is 0.208 e. The third-order valence-electron chi connectivity index (χ3n) is 2.70. The van der Waals surface area contributed by atoms with Crippen LogP contribution in [-0.2, 0) is 18.5 Å². The van der Waals surface area contributed by atoms with E-state index in [0.29, 0.717) is 6.54 Å². The Balaban J connectivity index is 1.95. The molecule has 0 radical (unpaired) electrons. The van der Waals surface area contributed by atoms with Gasteiger partial charge in [0.25, 0.3) is 0 Å². The lowest BCUT2D eigenvalue weighted by atomic mass is 9.94. The van der Waals surface area contributed by atoms with Crippen molar-refractivity contribution < 1.29 is 8.83 Å². The highest BCUT2D eigenvalue weighted by Gasteiger charge is 2.19. The minimum absolute atomic E-state index is 0.00479. The van der Waals surface area contributed by atoms with Gasteiger partial charge in [0, 0.05) is 5.41 Å². The van der Waals surface area contributed by atoms with Gasteiger partial charge >= 0.3 is 0 Å². The summed E-state index contributed by atoms with van der Waals surface area (Å²) in [5.41, 5.74) is 0.00479. The molecule has 0 aromatic carbocycles. The Hall–Kier alpha value is -1.55. The standard InChI is InChI=1S/C14H20N2O2/c1-14(2,3)12-8-15-13(18-12)10-16(4)9-11-6-5-7-17-11/h5-8H,9-10H2,1-4H3. The minimum Gasteiger partial charge on any atom is -0.468 e. The molecule has 0 amide bonds. The van der Waals surface area contributed by atoms with Gasteiger partial charge in [-0.25, -0.2) is 4.98 Å². The molecule has 18 heavy (non-hydrogen) atoms. The lowest BCUT2D eigenvalue weighted by molar-refractivity contribution is 0.251. The molecule has 0 aliphatic carbocycles. The van der Waals surface area contributed by atoms with E-state index in [9.17, 15) is 0 Å². The molecule has 2 rings (SSSR count). The second-order valence-corrected chi connectivity index (χ2v) is 5.62. The normalized spacial score (nSPS) is 12.3. The maximum absolute atomic E-state index is 5.75. The molecule has 98 valence electrons. The van der Waals surface area contributed by atoms with Gasteiger partial charge in [0.1, 0.15) is 11.5 Å². The highest BCUT2D eigenvalue weighted by molar-refractivity contribution is 5.06. The van der Waals surface area contributed by atoms with Crippen LogP contribution in [0.25, 0.3) is 0 Å². The van der Waals surface area contributed by atoms with Gasteiger partial charge in [-0.3, -0.25) is 4.90 Å². The van der Waals surface area contributed by atoms with E-state index in [4.69, 9.17) is 8.83 Å². The maximum atomic E-state index is 5.75. The number of nitrogens with zero attached hydrogens (tertiary/aromatic N) is 2. The Morgan fingerprint density at radius 3 is 2.61 bits per heavy atom. The monoisotopic (exact) mass is 248 g/mol. The van der Waals surface area contributed by atoms with Crippen LogP contribution in [0.5, 0.6) is 0 Å². The van der Waals surface area contributed by atoms with E-state index >= 15 is 0 Å². The molecule has 4 nitrogen and oxygen atoms in total. The summed E-state index contributed by atoms with van der Waals surface area (Å²) >= 11 is 0. The number of hydrogen-bond donors (Lipinski definition) is 0. The van der Waals surface area contributed by atoms with Crippen LogP contribution < -0.4 is 0 Å². The number of hydrogen-bond acceptors (Lipinski definition) is 4. The average Bonchev–Trinajstić information content (AvgIpc) is 2.87. The molecule has 4 heteroatoms. The third-order valence-corrected chi connectivity index (χ3v) is 2.70. The predicted octanol–water partition coefficient (Wildman–Crippen LogP) is 3.20. The van der Waals surface area contributed by atoms with Crippen molar-refractivity contribution in [3.63, 3.8) is 0 Å². The van der Waals surface area contributed by atoms with Crippen molar-refractivity contribution in [2.24, 2.45) is 0 Å². The fourth-order valence-electron chi connectivity index (χ4n) is 1.69. The maximum Gasteiger partial charge on any atom is 0.208 e. The van der Waals surface area contributed by atoms with Gasteiger partial charge in [-0.15, -0.1) is 0 Å². The van der Waals surface area contributed by atoms with Crippen LogP contribution in [0.2, 0.25) is 0 Å². The van der Waals surface area contributed by atoms with E-state index in [1.54, 1.807) is 6.26 Å². The Kier molecular flexibility index (Phi) is 3.57. The predicted molar refractivity (Wildman–Crippen MR) is 69.1 cm³/mol. The molecule has 0 saturated heterocycles. The first-order valence-electron chi connectivity index (χ1n) is 6.11. The Morgan fingerprint density at radius 1 is 1.28 bits per heavy atom. The van der Waals surface area contributed by atoms with Crippen LogP contribution in [0.3, 0.4) is 0 Å². The SMILES string of the molecule is CN(Cc1ccco1)Cc1ncc(C(C)(C)C)o1. The van der Waals surface area contributed by atoms with E-state index in [0.717, 1.165) is 24.0 Å². The van der Waals surface area contributed by atoms with E-state index in [2.05, 4.69) is 30.7 Å². The quantitative estimate of drug-likeness (QED) is 0.833. The molecule has 0 spiro atoms. The van der Waals surface area contributed by atoms with E-state index < -0.39 is 0 Å². The van der Waals surface area contributed by atoms with Crippen molar-refractivity contribution in [2.45, 2.75) is 39.3 Å². The molecule has 2 heterocycles. The molecule has 2 aromatic rings. The zero-order valence-corrected chi connectivity index (χ0v) is 11.4. The highest BCUT2D eigenvalue weighted by Crippen LogP contribution is 2.23. The van der Waals surface area contributed by atoms with Crippen LogP contribution in [-0.4, -0.2) is 16.9 Å². The van der Waals surface area contributed by atoms with Crippen LogP contribution in [0, 0.1) is 0 Å². The van der Waals surface area contributed by atoms with E-state index in [1.165, 1.54) is 0 Å². The molecule has 0 fully saturated rings. The molecular formula is C14H20N2O2. The molecule has 0 saturated carbocycles. The van der Waals surface area contributed by atoms with E-state index in [1.807, 2.05) is 25.4 Å². The summed E-state index contributed by atoms with van der Waals surface area (Å²) in [4.78, 5) is 6.42. The fourth-order valence-corrected chi connectivity index (χ4v) is 1.69. The Morgan fingerprint density at radius 2 is 2.06 bits per heavy atom. The molecule has 0 aliphatic heterocycles. The highest BCUT2D eigenvalue weighted by atomic mass is 16.4. The summed E-state index contributed by atoms with van der Waals surface area (Å²) in [5.74, 6) is 2.61. The van der Waals surface area contributed by atoms with E-state index in [-0.39, 0.29) is 5.41 Å². The largest absolute Gasteiger partial charge is 0.468 e. The van der Waals surface area contributed by atoms with Crippen LogP contribution in [0.1, 0.15) is 38.2 Å². The van der Waals surface area contributed by atoms with Crippen molar-refractivity contribution in [3.05, 3.63) is 42.0 Å². The average molecular weight is 248 g/mol. The molecular weight excluding hydrogens is 228 g/mol.